The molecule has 1 aromatic carbocycles. The highest BCUT2D eigenvalue weighted by atomic mass is 15.6. The van der Waals surface area contributed by atoms with Gasteiger partial charge in [0.15, 0.2) is 0 Å². The standard InChI is InChI=1S/C10H13N3/c1-9-4-3-5-10(6-9)13-8-12(2)7-11-13/h3-7H,8H2,1-2H3. The lowest BCUT2D eigenvalue weighted by atomic mass is 10.2. The van der Waals surface area contributed by atoms with Gasteiger partial charge in [0.05, 0.1) is 5.69 Å². The monoisotopic (exact) mass is 175 g/mol. The average Bonchev–Trinajstić information content (AvgIpc) is 2.52. The number of anilines is 1. The summed E-state index contributed by atoms with van der Waals surface area (Å²) in [6.07, 6.45) is 1.84. The first-order valence-corrected chi connectivity index (χ1v) is 4.34. The second-order valence-electron chi connectivity index (χ2n) is 3.37. The molecule has 0 aliphatic carbocycles. The van der Waals surface area contributed by atoms with E-state index in [0.717, 1.165) is 12.4 Å². The molecule has 1 aliphatic heterocycles. The van der Waals surface area contributed by atoms with Gasteiger partial charge in [0.1, 0.15) is 13.0 Å². The summed E-state index contributed by atoms with van der Waals surface area (Å²) in [6, 6.07) is 8.35. The zero-order valence-corrected chi connectivity index (χ0v) is 7.94. The zero-order valence-electron chi connectivity index (χ0n) is 7.94. The Morgan fingerprint density at radius 2 is 2.23 bits per heavy atom. The van der Waals surface area contributed by atoms with Crippen molar-refractivity contribution in [3.8, 4) is 0 Å². The molecule has 0 saturated heterocycles. The van der Waals surface area contributed by atoms with E-state index in [4.69, 9.17) is 0 Å². The van der Waals surface area contributed by atoms with E-state index in [0.29, 0.717) is 0 Å². The molecule has 68 valence electrons. The van der Waals surface area contributed by atoms with Crippen molar-refractivity contribution in [3.63, 3.8) is 0 Å². The Labute approximate surface area is 78.3 Å². The van der Waals surface area contributed by atoms with Gasteiger partial charge in [-0.15, -0.1) is 0 Å². The molecule has 1 aliphatic rings. The molecule has 0 radical (unpaired) electrons. The molecule has 0 spiro atoms. The Hall–Kier alpha value is -1.51. The molecule has 2 rings (SSSR count). The third-order valence-electron chi connectivity index (χ3n) is 2.04. The highest BCUT2D eigenvalue weighted by molar-refractivity contribution is 5.62. The Balaban J connectivity index is 2.22. The fourth-order valence-corrected chi connectivity index (χ4v) is 1.37. The second kappa shape index (κ2) is 3.09. The van der Waals surface area contributed by atoms with Crippen LogP contribution < -0.4 is 5.01 Å². The van der Waals surface area contributed by atoms with Crippen molar-refractivity contribution < 1.29 is 0 Å². The molecule has 0 N–H and O–H groups in total. The van der Waals surface area contributed by atoms with Gasteiger partial charge >= 0.3 is 0 Å². The fraction of sp³-hybridized carbons (Fsp3) is 0.300. The first-order chi connectivity index (χ1) is 6.25. The number of hydrazone groups is 1. The van der Waals surface area contributed by atoms with Gasteiger partial charge in [0.2, 0.25) is 0 Å². The average molecular weight is 175 g/mol. The summed E-state index contributed by atoms with van der Waals surface area (Å²) in [5.74, 6) is 0. The molecular formula is C10H13N3. The molecule has 13 heavy (non-hydrogen) atoms. The number of aryl methyl sites for hydroxylation is 1. The van der Waals surface area contributed by atoms with Gasteiger partial charge in [-0.2, -0.15) is 5.10 Å². The van der Waals surface area contributed by atoms with Gasteiger partial charge in [-0.05, 0) is 24.6 Å². The fourth-order valence-electron chi connectivity index (χ4n) is 1.37. The predicted octanol–water partition coefficient (Wildman–Crippen LogP) is 1.65. The van der Waals surface area contributed by atoms with E-state index >= 15 is 0 Å². The van der Waals surface area contributed by atoms with Crippen LogP contribution in [0.25, 0.3) is 0 Å². The summed E-state index contributed by atoms with van der Waals surface area (Å²) in [6.45, 7) is 2.93. The largest absolute Gasteiger partial charge is 0.345 e. The topological polar surface area (TPSA) is 18.8 Å². The number of hydrogen-bond donors (Lipinski definition) is 0. The maximum absolute atomic E-state index is 4.26. The Kier molecular flexibility index (Phi) is 1.93. The van der Waals surface area contributed by atoms with Crippen molar-refractivity contribution in [2.75, 3.05) is 18.7 Å². The Bertz CT molecular complexity index is 333. The van der Waals surface area contributed by atoms with Crippen LogP contribution in [0.5, 0.6) is 0 Å². The molecule has 1 aromatic rings. The maximum Gasteiger partial charge on any atom is 0.113 e. The summed E-state index contributed by atoms with van der Waals surface area (Å²) >= 11 is 0. The molecule has 0 bridgehead atoms. The molecule has 0 fully saturated rings. The first-order valence-electron chi connectivity index (χ1n) is 4.34. The van der Waals surface area contributed by atoms with Gasteiger partial charge in [0, 0.05) is 7.05 Å². The lowest BCUT2D eigenvalue weighted by Crippen LogP contribution is -2.22. The minimum atomic E-state index is 0.837. The SMILES string of the molecule is Cc1cccc(N2CN(C)C=N2)c1. The highest BCUT2D eigenvalue weighted by Gasteiger charge is 2.11. The minimum Gasteiger partial charge on any atom is -0.345 e. The van der Waals surface area contributed by atoms with Crippen molar-refractivity contribution in [2.45, 2.75) is 6.92 Å². The second-order valence-corrected chi connectivity index (χ2v) is 3.37. The van der Waals surface area contributed by atoms with Crippen LogP contribution in [-0.4, -0.2) is 25.0 Å². The summed E-state index contributed by atoms with van der Waals surface area (Å²) in [5.41, 5.74) is 2.42. The zero-order chi connectivity index (χ0) is 9.26. The highest BCUT2D eigenvalue weighted by Crippen LogP contribution is 2.17. The van der Waals surface area contributed by atoms with Crippen LogP contribution >= 0.6 is 0 Å². The molecule has 1 heterocycles. The first kappa shape index (κ1) is 8.10. The van der Waals surface area contributed by atoms with Gasteiger partial charge in [-0.25, -0.2) is 5.01 Å². The summed E-state index contributed by atoms with van der Waals surface area (Å²) in [7, 11) is 2.01. The van der Waals surface area contributed by atoms with E-state index in [1.54, 1.807) is 0 Å². The number of hydrogen-bond acceptors (Lipinski definition) is 3. The third-order valence-corrected chi connectivity index (χ3v) is 2.04. The van der Waals surface area contributed by atoms with E-state index < -0.39 is 0 Å². The van der Waals surface area contributed by atoms with Crippen molar-refractivity contribution in [3.05, 3.63) is 29.8 Å². The molecule has 0 amide bonds. The number of benzene rings is 1. The van der Waals surface area contributed by atoms with Gasteiger partial charge in [0.25, 0.3) is 0 Å². The third kappa shape index (κ3) is 1.64. The smallest absolute Gasteiger partial charge is 0.113 e. The van der Waals surface area contributed by atoms with Crippen LogP contribution in [0.3, 0.4) is 0 Å². The van der Waals surface area contributed by atoms with E-state index in [2.05, 4.69) is 36.3 Å². The molecule has 3 heteroatoms. The summed E-state index contributed by atoms with van der Waals surface area (Å²) in [5, 5.41) is 6.24. The van der Waals surface area contributed by atoms with E-state index in [9.17, 15) is 0 Å². The summed E-state index contributed by atoms with van der Waals surface area (Å²) in [4.78, 5) is 2.04. The lowest BCUT2D eigenvalue weighted by molar-refractivity contribution is 0.549. The van der Waals surface area contributed by atoms with Crippen molar-refractivity contribution >= 4 is 12.0 Å². The van der Waals surface area contributed by atoms with Crippen LogP contribution in [0.2, 0.25) is 0 Å². The van der Waals surface area contributed by atoms with Crippen LogP contribution in [0, 0.1) is 6.92 Å². The van der Waals surface area contributed by atoms with Crippen LogP contribution in [-0.2, 0) is 0 Å². The van der Waals surface area contributed by atoms with Gasteiger partial charge in [-0.3, -0.25) is 0 Å². The van der Waals surface area contributed by atoms with Crippen molar-refractivity contribution in [1.29, 1.82) is 0 Å². The normalized spacial score (nSPS) is 15.5. The number of rotatable bonds is 1. The minimum absolute atomic E-state index is 0.837. The lowest BCUT2D eigenvalue weighted by Gasteiger charge is -2.15. The van der Waals surface area contributed by atoms with Crippen LogP contribution in [0.15, 0.2) is 29.4 Å². The molecule has 0 unspecified atom stereocenters. The van der Waals surface area contributed by atoms with E-state index in [1.165, 1.54) is 5.56 Å². The van der Waals surface area contributed by atoms with Crippen molar-refractivity contribution in [2.24, 2.45) is 5.10 Å². The number of nitrogens with zero attached hydrogens (tertiary/aromatic N) is 3. The Morgan fingerprint density at radius 3 is 2.85 bits per heavy atom. The van der Waals surface area contributed by atoms with Crippen molar-refractivity contribution in [1.82, 2.24) is 4.90 Å². The van der Waals surface area contributed by atoms with E-state index in [1.807, 2.05) is 23.3 Å². The molecule has 0 saturated carbocycles. The van der Waals surface area contributed by atoms with E-state index in [-0.39, 0.29) is 0 Å². The molecule has 0 aromatic heterocycles. The van der Waals surface area contributed by atoms with Gasteiger partial charge < -0.3 is 4.90 Å². The Morgan fingerprint density at radius 1 is 1.38 bits per heavy atom. The van der Waals surface area contributed by atoms with Gasteiger partial charge in [-0.1, -0.05) is 12.1 Å². The summed E-state index contributed by atoms with van der Waals surface area (Å²) < 4.78 is 0. The molecule has 0 atom stereocenters. The quantitative estimate of drug-likeness (QED) is 0.646. The molecule has 3 nitrogen and oxygen atoms in total. The molecular weight excluding hydrogens is 162 g/mol. The maximum atomic E-state index is 4.26. The van der Waals surface area contributed by atoms with Crippen LogP contribution in [0.4, 0.5) is 5.69 Å². The predicted molar refractivity (Wildman–Crippen MR) is 54.8 cm³/mol. The van der Waals surface area contributed by atoms with Crippen LogP contribution in [0.1, 0.15) is 5.56 Å².